The predicted molar refractivity (Wildman–Crippen MR) is 101 cm³/mol. The van der Waals surface area contributed by atoms with E-state index in [1.54, 1.807) is 0 Å². The van der Waals surface area contributed by atoms with Gasteiger partial charge in [-0.05, 0) is 45.4 Å². The second-order valence-corrected chi connectivity index (χ2v) is 6.14. The van der Waals surface area contributed by atoms with Gasteiger partial charge in [0.25, 0.3) is 0 Å². The molecule has 134 valence electrons. The van der Waals surface area contributed by atoms with Crippen molar-refractivity contribution in [1.82, 2.24) is 0 Å². The first-order chi connectivity index (χ1) is 11.3. The molecule has 0 aliphatic heterocycles. The molecule has 0 fully saturated rings. The molecule has 0 amide bonds. The van der Waals surface area contributed by atoms with Crippen LogP contribution >= 0.6 is 0 Å². The third kappa shape index (κ3) is 18.9. The monoisotopic (exact) mass is 322 g/mol. The number of hydrogen-bond acceptors (Lipinski definition) is 2. The van der Waals surface area contributed by atoms with E-state index in [0.717, 1.165) is 19.3 Å². The van der Waals surface area contributed by atoms with Crippen molar-refractivity contribution >= 4 is 5.97 Å². The van der Waals surface area contributed by atoms with Crippen LogP contribution in [0.4, 0.5) is 0 Å². The molecular weight excluding hydrogens is 284 g/mol. The Morgan fingerprint density at radius 1 is 0.739 bits per heavy atom. The Morgan fingerprint density at radius 2 is 1.30 bits per heavy atom. The summed E-state index contributed by atoms with van der Waals surface area (Å²) < 4.78 is 4.91. The summed E-state index contributed by atoms with van der Waals surface area (Å²) in [4.78, 5) is 11.2. The topological polar surface area (TPSA) is 26.3 Å². The van der Waals surface area contributed by atoms with E-state index in [1.165, 1.54) is 57.8 Å². The highest BCUT2D eigenvalue weighted by atomic mass is 16.5. The van der Waals surface area contributed by atoms with E-state index in [2.05, 4.69) is 31.2 Å². The lowest BCUT2D eigenvalue weighted by molar-refractivity contribution is -0.143. The van der Waals surface area contributed by atoms with Gasteiger partial charge in [0.2, 0.25) is 0 Å². The van der Waals surface area contributed by atoms with Crippen molar-refractivity contribution in [3.8, 4) is 0 Å². The zero-order valence-corrected chi connectivity index (χ0v) is 15.5. The summed E-state index contributed by atoms with van der Waals surface area (Å²) in [7, 11) is 0. The molecule has 0 rings (SSSR count). The largest absolute Gasteiger partial charge is 0.466 e. The van der Waals surface area contributed by atoms with E-state index in [9.17, 15) is 4.79 Å². The van der Waals surface area contributed by atoms with Crippen molar-refractivity contribution in [3.05, 3.63) is 24.3 Å². The molecule has 0 bridgehead atoms. The number of hydrogen-bond donors (Lipinski definition) is 0. The molecule has 0 N–H and O–H groups in total. The molecule has 0 aromatic rings. The molecule has 0 saturated heterocycles. The van der Waals surface area contributed by atoms with Crippen LogP contribution in [0.15, 0.2) is 24.3 Å². The van der Waals surface area contributed by atoms with Crippen LogP contribution < -0.4 is 0 Å². The molecule has 0 heterocycles. The highest BCUT2D eigenvalue weighted by Crippen LogP contribution is 2.09. The fourth-order valence-corrected chi connectivity index (χ4v) is 2.49. The predicted octanol–water partition coefficient (Wildman–Crippen LogP) is 6.75. The van der Waals surface area contributed by atoms with E-state index in [4.69, 9.17) is 4.74 Å². The van der Waals surface area contributed by atoms with E-state index in [0.29, 0.717) is 13.0 Å². The normalized spacial score (nSPS) is 11.6. The Hall–Kier alpha value is -1.05. The third-order valence-corrected chi connectivity index (χ3v) is 3.89. The minimum absolute atomic E-state index is 0.0444. The van der Waals surface area contributed by atoms with Crippen molar-refractivity contribution in [1.29, 1.82) is 0 Å². The maximum absolute atomic E-state index is 11.2. The Morgan fingerprint density at radius 3 is 1.91 bits per heavy atom. The minimum Gasteiger partial charge on any atom is -0.466 e. The average molecular weight is 323 g/mol. The lowest BCUT2D eigenvalue weighted by Crippen LogP contribution is -2.03. The first-order valence-electron chi connectivity index (χ1n) is 9.76. The zero-order valence-electron chi connectivity index (χ0n) is 15.5. The SMILES string of the molecule is CCCCCC=CCC=CCCCCCCCCC(=O)OCC. The molecule has 0 atom stereocenters. The molecular formula is C21H38O2. The van der Waals surface area contributed by atoms with E-state index in [-0.39, 0.29) is 5.97 Å². The number of unbranched alkanes of at least 4 members (excludes halogenated alkanes) is 9. The van der Waals surface area contributed by atoms with Crippen molar-refractivity contribution in [2.24, 2.45) is 0 Å². The van der Waals surface area contributed by atoms with Gasteiger partial charge < -0.3 is 4.74 Å². The Balaban J connectivity index is 3.20. The number of carbonyl (C=O) groups excluding carboxylic acids is 1. The first-order valence-corrected chi connectivity index (χ1v) is 9.76. The summed E-state index contributed by atoms with van der Waals surface area (Å²) in [5, 5.41) is 0. The molecule has 0 spiro atoms. The van der Waals surface area contributed by atoms with Crippen LogP contribution in [0.5, 0.6) is 0 Å². The zero-order chi connectivity index (χ0) is 17.0. The van der Waals surface area contributed by atoms with E-state index in [1.807, 2.05) is 6.92 Å². The quantitative estimate of drug-likeness (QED) is 0.178. The van der Waals surface area contributed by atoms with Gasteiger partial charge in [-0.1, -0.05) is 69.8 Å². The highest BCUT2D eigenvalue weighted by Gasteiger charge is 2.00. The van der Waals surface area contributed by atoms with Crippen LogP contribution in [0, 0.1) is 0 Å². The van der Waals surface area contributed by atoms with Gasteiger partial charge in [0.15, 0.2) is 0 Å². The van der Waals surface area contributed by atoms with Crippen molar-refractivity contribution < 1.29 is 9.53 Å². The Kier molecular flexibility index (Phi) is 18.1. The molecule has 0 saturated carbocycles. The second-order valence-electron chi connectivity index (χ2n) is 6.14. The highest BCUT2D eigenvalue weighted by molar-refractivity contribution is 5.69. The number of ether oxygens (including phenoxy) is 1. The van der Waals surface area contributed by atoms with Gasteiger partial charge in [-0.15, -0.1) is 0 Å². The van der Waals surface area contributed by atoms with Crippen LogP contribution in [0.3, 0.4) is 0 Å². The van der Waals surface area contributed by atoms with Crippen LogP contribution in [-0.2, 0) is 9.53 Å². The minimum atomic E-state index is -0.0444. The lowest BCUT2D eigenvalue weighted by atomic mass is 10.1. The molecule has 2 nitrogen and oxygen atoms in total. The molecule has 0 aliphatic rings. The fourth-order valence-electron chi connectivity index (χ4n) is 2.49. The van der Waals surface area contributed by atoms with Crippen LogP contribution in [0.1, 0.15) is 97.3 Å². The summed E-state index contributed by atoms with van der Waals surface area (Å²) in [5.41, 5.74) is 0. The van der Waals surface area contributed by atoms with Gasteiger partial charge in [-0.25, -0.2) is 0 Å². The molecule has 0 aliphatic carbocycles. The van der Waals surface area contributed by atoms with Crippen LogP contribution in [0.25, 0.3) is 0 Å². The summed E-state index contributed by atoms with van der Waals surface area (Å²) in [5.74, 6) is -0.0444. The summed E-state index contributed by atoms with van der Waals surface area (Å²) >= 11 is 0. The maximum atomic E-state index is 11.2. The van der Waals surface area contributed by atoms with E-state index >= 15 is 0 Å². The van der Waals surface area contributed by atoms with Crippen molar-refractivity contribution in [2.75, 3.05) is 6.61 Å². The van der Waals surface area contributed by atoms with Crippen molar-refractivity contribution in [3.63, 3.8) is 0 Å². The first kappa shape index (κ1) is 21.9. The van der Waals surface area contributed by atoms with Gasteiger partial charge in [-0.3, -0.25) is 4.79 Å². The maximum Gasteiger partial charge on any atom is 0.305 e. The van der Waals surface area contributed by atoms with Crippen molar-refractivity contribution in [2.45, 2.75) is 97.3 Å². The molecule has 23 heavy (non-hydrogen) atoms. The number of allylic oxidation sites excluding steroid dienone is 4. The smallest absolute Gasteiger partial charge is 0.305 e. The molecule has 0 unspecified atom stereocenters. The summed E-state index contributed by atoms with van der Waals surface area (Å²) in [6.07, 6.45) is 24.5. The summed E-state index contributed by atoms with van der Waals surface area (Å²) in [6, 6.07) is 0. The second kappa shape index (κ2) is 19.0. The Bertz CT molecular complexity index is 305. The van der Waals surface area contributed by atoms with Gasteiger partial charge in [-0.2, -0.15) is 0 Å². The molecule has 0 radical (unpaired) electrons. The van der Waals surface area contributed by atoms with Gasteiger partial charge in [0, 0.05) is 6.42 Å². The fraction of sp³-hybridized carbons (Fsp3) is 0.762. The van der Waals surface area contributed by atoms with Gasteiger partial charge in [0.05, 0.1) is 6.61 Å². The standard InChI is InChI=1S/C21H38O2/c1-3-5-6-7-8-9-10-11-12-13-14-15-16-17-18-19-20-21(22)23-4-2/h8-9,11-12H,3-7,10,13-20H2,1-2H3. The number of carbonyl (C=O) groups is 1. The molecule has 0 aromatic carbocycles. The van der Waals surface area contributed by atoms with Gasteiger partial charge >= 0.3 is 5.97 Å². The van der Waals surface area contributed by atoms with E-state index < -0.39 is 0 Å². The molecule has 0 aromatic heterocycles. The van der Waals surface area contributed by atoms with Crippen LogP contribution in [-0.4, -0.2) is 12.6 Å². The Labute approximate surface area is 144 Å². The number of rotatable bonds is 16. The van der Waals surface area contributed by atoms with Crippen LogP contribution in [0.2, 0.25) is 0 Å². The lowest BCUT2D eigenvalue weighted by Gasteiger charge is -2.02. The summed E-state index contributed by atoms with van der Waals surface area (Å²) in [6.45, 7) is 4.60. The van der Waals surface area contributed by atoms with Gasteiger partial charge in [0.1, 0.15) is 0 Å². The average Bonchev–Trinajstić information content (AvgIpc) is 2.54. The number of esters is 1. The third-order valence-electron chi connectivity index (χ3n) is 3.89. The molecule has 2 heteroatoms.